The van der Waals surface area contributed by atoms with Crippen LogP contribution in [0.3, 0.4) is 0 Å². The summed E-state index contributed by atoms with van der Waals surface area (Å²) in [6.45, 7) is 15.4. The van der Waals surface area contributed by atoms with Crippen molar-refractivity contribution in [2.24, 2.45) is 5.92 Å². The first-order valence-corrected chi connectivity index (χ1v) is 8.40. The van der Waals surface area contributed by atoms with Crippen molar-refractivity contribution < 1.29 is 0 Å². The van der Waals surface area contributed by atoms with Crippen molar-refractivity contribution in [1.29, 1.82) is 0 Å². The summed E-state index contributed by atoms with van der Waals surface area (Å²) < 4.78 is 0. The molecule has 0 spiro atoms. The smallest absolute Gasteiger partial charge is 0.00947 e. The number of hydrogen-bond donors (Lipinski definition) is 0. The molecule has 0 fully saturated rings. The van der Waals surface area contributed by atoms with E-state index in [0.29, 0.717) is 5.92 Å². The van der Waals surface area contributed by atoms with Crippen molar-refractivity contribution in [2.45, 2.75) is 61.3 Å². The molecule has 0 amide bonds. The first kappa shape index (κ1) is 18.5. The van der Waals surface area contributed by atoms with Crippen molar-refractivity contribution in [3.05, 3.63) is 64.3 Å². The van der Waals surface area contributed by atoms with Crippen LogP contribution in [-0.2, 0) is 0 Å². The monoisotopic (exact) mass is 296 g/mol. The van der Waals surface area contributed by atoms with E-state index in [2.05, 4.69) is 84.9 Å². The van der Waals surface area contributed by atoms with E-state index in [1.54, 1.807) is 0 Å². The molecule has 1 aromatic carbocycles. The van der Waals surface area contributed by atoms with Crippen molar-refractivity contribution in [2.75, 3.05) is 0 Å². The Morgan fingerprint density at radius 1 is 1.14 bits per heavy atom. The largest absolute Gasteiger partial charge is 0.0841 e. The molecule has 1 rings (SSSR count). The van der Waals surface area contributed by atoms with Crippen LogP contribution in [0.15, 0.2) is 47.6 Å². The third-order valence-electron chi connectivity index (χ3n) is 3.80. The third-order valence-corrected chi connectivity index (χ3v) is 3.80. The van der Waals surface area contributed by atoms with Gasteiger partial charge in [0.25, 0.3) is 0 Å². The molecule has 0 saturated heterocycles. The van der Waals surface area contributed by atoms with E-state index in [-0.39, 0.29) is 0 Å². The highest BCUT2D eigenvalue weighted by Gasteiger charge is 2.08. The minimum absolute atomic E-state index is 0.670. The molecule has 0 aliphatic carbocycles. The van der Waals surface area contributed by atoms with Gasteiger partial charge < -0.3 is 0 Å². The zero-order chi connectivity index (χ0) is 16.7. The molecule has 0 bridgehead atoms. The first-order valence-electron chi connectivity index (χ1n) is 8.40. The lowest BCUT2D eigenvalue weighted by molar-refractivity contribution is 0.672. The average Bonchev–Trinajstić information content (AvgIpc) is 2.43. The fraction of sp³-hybridized carbons (Fsp3) is 0.455. The van der Waals surface area contributed by atoms with Gasteiger partial charge in [-0.05, 0) is 75.7 Å². The molecular formula is C22H32. The quantitative estimate of drug-likeness (QED) is 0.494. The van der Waals surface area contributed by atoms with Gasteiger partial charge in [0.1, 0.15) is 0 Å². The van der Waals surface area contributed by atoms with E-state index in [0.717, 1.165) is 12.8 Å². The van der Waals surface area contributed by atoms with Crippen LogP contribution in [-0.4, -0.2) is 0 Å². The van der Waals surface area contributed by atoms with E-state index in [1.807, 2.05) is 0 Å². The predicted octanol–water partition coefficient (Wildman–Crippen LogP) is 7.04. The van der Waals surface area contributed by atoms with Gasteiger partial charge in [-0.3, -0.25) is 0 Å². The minimum Gasteiger partial charge on any atom is -0.0841 e. The van der Waals surface area contributed by atoms with Gasteiger partial charge in [0.2, 0.25) is 0 Å². The summed E-state index contributed by atoms with van der Waals surface area (Å²) in [7, 11) is 0. The average molecular weight is 296 g/mol. The lowest BCUT2D eigenvalue weighted by Gasteiger charge is -2.15. The third kappa shape index (κ3) is 6.05. The van der Waals surface area contributed by atoms with Crippen LogP contribution >= 0.6 is 0 Å². The second-order valence-electron chi connectivity index (χ2n) is 6.94. The Morgan fingerprint density at radius 3 is 2.36 bits per heavy atom. The maximum Gasteiger partial charge on any atom is -0.00947 e. The Hall–Kier alpha value is -1.56. The summed E-state index contributed by atoms with van der Waals surface area (Å²) in [4.78, 5) is 0. The van der Waals surface area contributed by atoms with Crippen LogP contribution in [0.5, 0.6) is 0 Å². The molecule has 0 heterocycles. The molecule has 0 nitrogen and oxygen atoms in total. The summed E-state index contributed by atoms with van der Waals surface area (Å²) >= 11 is 0. The molecule has 0 aliphatic heterocycles. The van der Waals surface area contributed by atoms with E-state index in [9.17, 15) is 0 Å². The molecule has 0 unspecified atom stereocenters. The number of hydrogen-bond acceptors (Lipinski definition) is 0. The summed E-state index contributed by atoms with van der Waals surface area (Å²) in [6, 6.07) is 6.78. The Labute approximate surface area is 137 Å². The van der Waals surface area contributed by atoms with E-state index < -0.39 is 0 Å². The fourth-order valence-corrected chi connectivity index (χ4v) is 2.70. The molecule has 0 saturated carbocycles. The molecule has 0 aliphatic rings. The summed E-state index contributed by atoms with van der Waals surface area (Å²) in [5, 5.41) is 0. The zero-order valence-electron chi connectivity index (χ0n) is 15.5. The molecule has 0 atom stereocenters. The van der Waals surface area contributed by atoms with Crippen molar-refractivity contribution in [3.8, 4) is 0 Å². The highest BCUT2D eigenvalue weighted by atomic mass is 14.1. The van der Waals surface area contributed by atoms with Crippen LogP contribution in [0.4, 0.5) is 0 Å². The van der Waals surface area contributed by atoms with Crippen molar-refractivity contribution in [1.82, 2.24) is 0 Å². The van der Waals surface area contributed by atoms with Gasteiger partial charge in [0, 0.05) is 0 Å². The molecule has 0 N–H and O–H groups in total. The molecule has 0 radical (unpaired) electrons. The van der Waals surface area contributed by atoms with Gasteiger partial charge in [-0.25, -0.2) is 0 Å². The van der Waals surface area contributed by atoms with Gasteiger partial charge in [0.05, 0.1) is 0 Å². The Bertz CT molecular complexity index is 576. The molecule has 1 aromatic rings. The number of benzene rings is 1. The molecule has 22 heavy (non-hydrogen) atoms. The van der Waals surface area contributed by atoms with Gasteiger partial charge in [-0.15, -0.1) is 0 Å². The molecule has 0 heteroatoms. The Kier molecular flexibility index (Phi) is 7.38. The summed E-state index contributed by atoms with van der Waals surface area (Å²) in [6.07, 6.45) is 9.08. The van der Waals surface area contributed by atoms with E-state index >= 15 is 0 Å². The SMILES string of the molecule is C/C=C(\C=C(C)C)C/C=C(/CC(C)C)c1cc(C)ccc1C. The predicted molar refractivity (Wildman–Crippen MR) is 101 cm³/mol. The topological polar surface area (TPSA) is 0 Å². The second-order valence-corrected chi connectivity index (χ2v) is 6.94. The highest BCUT2D eigenvalue weighted by Crippen LogP contribution is 2.28. The van der Waals surface area contributed by atoms with Crippen molar-refractivity contribution >= 4 is 5.57 Å². The van der Waals surface area contributed by atoms with Gasteiger partial charge >= 0.3 is 0 Å². The standard InChI is InChI=1S/C22H32/c1-8-20(13-16(2)3)11-12-21(14-17(4)5)22-15-18(6)9-10-19(22)7/h8-10,12-13,15,17H,11,14H2,1-7H3/b20-8-,21-12-. The molecular weight excluding hydrogens is 264 g/mol. The number of rotatable bonds is 6. The Morgan fingerprint density at radius 2 is 1.82 bits per heavy atom. The van der Waals surface area contributed by atoms with Crippen LogP contribution in [0, 0.1) is 19.8 Å². The van der Waals surface area contributed by atoms with Crippen LogP contribution in [0.25, 0.3) is 5.57 Å². The maximum absolute atomic E-state index is 2.43. The zero-order valence-corrected chi connectivity index (χ0v) is 15.5. The van der Waals surface area contributed by atoms with E-state index in [4.69, 9.17) is 0 Å². The number of allylic oxidation sites excluding steroid dienone is 6. The highest BCUT2D eigenvalue weighted by molar-refractivity contribution is 5.69. The summed E-state index contributed by atoms with van der Waals surface area (Å²) in [5.41, 5.74) is 8.37. The van der Waals surface area contributed by atoms with Gasteiger partial charge in [-0.1, -0.05) is 61.4 Å². The maximum atomic E-state index is 2.43. The number of aryl methyl sites for hydroxylation is 2. The van der Waals surface area contributed by atoms with Crippen LogP contribution < -0.4 is 0 Å². The van der Waals surface area contributed by atoms with E-state index in [1.165, 1.54) is 33.4 Å². The van der Waals surface area contributed by atoms with Crippen molar-refractivity contribution in [3.63, 3.8) is 0 Å². The second kappa shape index (κ2) is 8.78. The Balaban J connectivity index is 3.15. The fourth-order valence-electron chi connectivity index (χ4n) is 2.70. The lowest BCUT2D eigenvalue weighted by Crippen LogP contribution is -1.96. The molecule has 120 valence electrons. The van der Waals surface area contributed by atoms with Gasteiger partial charge in [-0.2, -0.15) is 0 Å². The minimum atomic E-state index is 0.670. The molecule has 0 aromatic heterocycles. The summed E-state index contributed by atoms with van der Waals surface area (Å²) in [5.74, 6) is 0.670. The van der Waals surface area contributed by atoms with Crippen LogP contribution in [0.1, 0.15) is 64.2 Å². The van der Waals surface area contributed by atoms with Crippen LogP contribution in [0.2, 0.25) is 0 Å². The van der Waals surface area contributed by atoms with Gasteiger partial charge in [0.15, 0.2) is 0 Å². The normalized spacial score (nSPS) is 12.7. The first-order chi connectivity index (χ1) is 10.3. The lowest BCUT2D eigenvalue weighted by atomic mass is 9.91.